The Hall–Kier alpha value is -0.840. The molecule has 0 aliphatic carbocycles. The van der Waals surface area contributed by atoms with Crippen molar-refractivity contribution in [3.63, 3.8) is 0 Å². The molecule has 0 saturated carbocycles. The van der Waals surface area contributed by atoms with Crippen LogP contribution < -0.4 is 5.32 Å². The lowest BCUT2D eigenvalue weighted by atomic mass is 10.0. The summed E-state index contributed by atoms with van der Waals surface area (Å²) in [6, 6.07) is 3.49. The van der Waals surface area contributed by atoms with E-state index in [4.69, 9.17) is 9.52 Å². The van der Waals surface area contributed by atoms with Crippen molar-refractivity contribution in [2.45, 2.75) is 31.9 Å². The number of nitrogens with one attached hydrogen (secondary N) is 1. The van der Waals surface area contributed by atoms with Crippen LogP contribution in [0.25, 0.3) is 0 Å². The van der Waals surface area contributed by atoms with Crippen LogP contribution in [0, 0.1) is 0 Å². The Bertz CT molecular complexity index is 269. The normalized spacial score (nSPS) is 14.1. The molecule has 1 heterocycles. The highest BCUT2D eigenvalue weighted by molar-refractivity contribution is 5.02. The molecule has 0 aromatic carbocycles. The summed E-state index contributed by atoms with van der Waals surface area (Å²) in [5.41, 5.74) is -0.178. The van der Waals surface area contributed by atoms with E-state index in [1.807, 2.05) is 13.8 Å². The van der Waals surface area contributed by atoms with Gasteiger partial charge in [0.2, 0.25) is 0 Å². The maximum Gasteiger partial charge on any atom is 0.133 e. The van der Waals surface area contributed by atoms with Gasteiger partial charge in [0.15, 0.2) is 0 Å². The van der Waals surface area contributed by atoms with Crippen LogP contribution in [0.4, 0.5) is 0 Å². The van der Waals surface area contributed by atoms with Gasteiger partial charge in [-0.1, -0.05) is 0 Å². The van der Waals surface area contributed by atoms with Crippen molar-refractivity contribution in [1.82, 2.24) is 5.32 Å². The Morgan fingerprint density at radius 3 is 2.80 bits per heavy atom. The van der Waals surface area contributed by atoms with Crippen LogP contribution in [0.15, 0.2) is 22.8 Å². The van der Waals surface area contributed by atoms with E-state index in [0.717, 1.165) is 0 Å². The lowest BCUT2D eigenvalue weighted by Crippen LogP contribution is -2.42. The fourth-order valence-corrected chi connectivity index (χ4v) is 1.32. The number of hydrogen-bond donors (Lipinski definition) is 3. The van der Waals surface area contributed by atoms with Gasteiger partial charge in [-0.3, -0.25) is 0 Å². The summed E-state index contributed by atoms with van der Waals surface area (Å²) in [6.45, 7) is 4.52. The first-order valence-electron chi connectivity index (χ1n) is 5.12. The molecule has 0 saturated heterocycles. The zero-order valence-electron chi connectivity index (χ0n) is 9.23. The van der Waals surface area contributed by atoms with Gasteiger partial charge in [0.05, 0.1) is 6.26 Å². The molecule has 4 nitrogen and oxygen atoms in total. The van der Waals surface area contributed by atoms with Crippen molar-refractivity contribution >= 4 is 0 Å². The van der Waals surface area contributed by atoms with Gasteiger partial charge in [-0.2, -0.15) is 0 Å². The van der Waals surface area contributed by atoms with Crippen molar-refractivity contribution in [2.75, 3.05) is 13.2 Å². The molecule has 3 N–H and O–H groups in total. The topological polar surface area (TPSA) is 65.6 Å². The third-order valence-electron chi connectivity index (χ3n) is 2.38. The van der Waals surface area contributed by atoms with Crippen molar-refractivity contribution < 1.29 is 14.6 Å². The first kappa shape index (κ1) is 12.2. The van der Waals surface area contributed by atoms with Gasteiger partial charge in [-0.25, -0.2) is 0 Å². The number of hydrogen-bond acceptors (Lipinski definition) is 4. The summed E-state index contributed by atoms with van der Waals surface area (Å²) in [5, 5.41) is 21.7. The van der Waals surface area contributed by atoms with Crippen LogP contribution in [0.2, 0.25) is 0 Å². The van der Waals surface area contributed by atoms with Gasteiger partial charge in [0, 0.05) is 18.7 Å². The van der Waals surface area contributed by atoms with Gasteiger partial charge in [0.25, 0.3) is 0 Å². The molecule has 0 amide bonds. The molecule has 0 aliphatic rings. The SMILES string of the molecule is CC(C)(CCO)NCC(O)c1ccco1. The highest BCUT2D eigenvalue weighted by Crippen LogP contribution is 2.14. The Morgan fingerprint density at radius 2 is 2.27 bits per heavy atom. The van der Waals surface area contributed by atoms with E-state index in [9.17, 15) is 5.11 Å². The third-order valence-corrected chi connectivity index (χ3v) is 2.38. The Balaban J connectivity index is 2.37. The standard InChI is InChI=1S/C11H19NO3/c1-11(2,5-6-13)12-8-9(14)10-4-3-7-15-10/h3-4,7,9,12-14H,5-6,8H2,1-2H3. The summed E-state index contributed by atoms with van der Waals surface area (Å²) < 4.78 is 5.08. The quantitative estimate of drug-likeness (QED) is 0.661. The summed E-state index contributed by atoms with van der Waals surface area (Å²) in [7, 11) is 0. The highest BCUT2D eigenvalue weighted by Gasteiger charge is 2.19. The summed E-state index contributed by atoms with van der Waals surface area (Å²) in [4.78, 5) is 0. The van der Waals surface area contributed by atoms with Gasteiger partial charge >= 0.3 is 0 Å². The molecule has 86 valence electrons. The highest BCUT2D eigenvalue weighted by atomic mass is 16.4. The Kier molecular flexibility index (Phi) is 4.32. The van der Waals surface area contributed by atoms with Crippen LogP contribution in [-0.4, -0.2) is 28.9 Å². The smallest absolute Gasteiger partial charge is 0.133 e. The predicted molar refractivity (Wildman–Crippen MR) is 57.5 cm³/mol. The molecule has 1 unspecified atom stereocenters. The van der Waals surface area contributed by atoms with Crippen LogP contribution in [0.1, 0.15) is 32.1 Å². The Morgan fingerprint density at radius 1 is 1.53 bits per heavy atom. The maximum absolute atomic E-state index is 9.72. The van der Waals surface area contributed by atoms with E-state index >= 15 is 0 Å². The predicted octanol–water partition coefficient (Wildman–Crippen LogP) is 1.06. The lowest BCUT2D eigenvalue weighted by Gasteiger charge is -2.26. The minimum Gasteiger partial charge on any atom is -0.467 e. The van der Waals surface area contributed by atoms with E-state index < -0.39 is 6.10 Å². The molecule has 0 fully saturated rings. The van der Waals surface area contributed by atoms with Crippen molar-refractivity contribution in [3.8, 4) is 0 Å². The molecule has 15 heavy (non-hydrogen) atoms. The molecule has 1 aromatic rings. The van der Waals surface area contributed by atoms with Gasteiger partial charge in [0.1, 0.15) is 11.9 Å². The van der Waals surface area contributed by atoms with E-state index in [0.29, 0.717) is 18.7 Å². The molecule has 1 rings (SSSR count). The minimum atomic E-state index is -0.641. The molecule has 0 aliphatic heterocycles. The maximum atomic E-state index is 9.72. The Labute approximate surface area is 89.9 Å². The van der Waals surface area contributed by atoms with Crippen molar-refractivity contribution in [2.24, 2.45) is 0 Å². The largest absolute Gasteiger partial charge is 0.467 e. The molecule has 4 heteroatoms. The van der Waals surface area contributed by atoms with E-state index in [1.54, 1.807) is 12.1 Å². The molecule has 1 atom stereocenters. The summed E-state index contributed by atoms with van der Waals surface area (Å²) in [6.07, 6.45) is 1.55. The zero-order valence-corrected chi connectivity index (χ0v) is 9.23. The summed E-state index contributed by atoms with van der Waals surface area (Å²) in [5.74, 6) is 0.558. The van der Waals surface area contributed by atoms with Crippen molar-refractivity contribution in [3.05, 3.63) is 24.2 Å². The second-order valence-corrected chi connectivity index (χ2v) is 4.27. The number of aliphatic hydroxyl groups excluding tert-OH is 2. The molecular formula is C11H19NO3. The number of furan rings is 1. The fraction of sp³-hybridized carbons (Fsp3) is 0.636. The number of aliphatic hydroxyl groups is 2. The van der Waals surface area contributed by atoms with Gasteiger partial charge in [-0.05, 0) is 32.4 Å². The zero-order chi connectivity index (χ0) is 11.3. The average Bonchev–Trinajstić information content (AvgIpc) is 2.67. The minimum absolute atomic E-state index is 0.136. The number of rotatable bonds is 6. The van der Waals surface area contributed by atoms with Crippen LogP contribution in [-0.2, 0) is 0 Å². The third kappa shape index (κ3) is 4.03. The number of β-amino-alcohol motifs (C(OH)–C–C–N with tert-alkyl or cyclic N) is 1. The molecule has 0 bridgehead atoms. The molecular weight excluding hydrogens is 194 g/mol. The summed E-state index contributed by atoms with van der Waals surface area (Å²) >= 11 is 0. The van der Waals surface area contributed by atoms with Crippen LogP contribution in [0.5, 0.6) is 0 Å². The molecule has 0 spiro atoms. The lowest BCUT2D eigenvalue weighted by molar-refractivity contribution is 0.130. The van der Waals surface area contributed by atoms with E-state index in [-0.39, 0.29) is 12.1 Å². The molecule has 1 aromatic heterocycles. The second-order valence-electron chi connectivity index (χ2n) is 4.27. The second kappa shape index (κ2) is 5.30. The first-order chi connectivity index (χ1) is 7.05. The van der Waals surface area contributed by atoms with Crippen LogP contribution >= 0.6 is 0 Å². The van der Waals surface area contributed by atoms with E-state index in [1.165, 1.54) is 6.26 Å². The van der Waals surface area contributed by atoms with Crippen molar-refractivity contribution in [1.29, 1.82) is 0 Å². The van der Waals surface area contributed by atoms with E-state index in [2.05, 4.69) is 5.32 Å². The fourth-order valence-electron chi connectivity index (χ4n) is 1.32. The van der Waals surface area contributed by atoms with Gasteiger partial charge in [-0.15, -0.1) is 0 Å². The van der Waals surface area contributed by atoms with Crippen LogP contribution in [0.3, 0.4) is 0 Å². The van der Waals surface area contributed by atoms with Gasteiger partial charge < -0.3 is 19.9 Å². The monoisotopic (exact) mass is 213 g/mol. The molecule has 0 radical (unpaired) electrons. The average molecular weight is 213 g/mol. The first-order valence-corrected chi connectivity index (χ1v) is 5.12.